The summed E-state index contributed by atoms with van der Waals surface area (Å²) in [5, 5.41) is 14.4. The molecule has 4 aliphatic carbocycles. The molecule has 4 rings (SSSR count). The van der Waals surface area contributed by atoms with Crippen LogP contribution in [-0.2, 0) is 0 Å². The van der Waals surface area contributed by atoms with Crippen LogP contribution in [0, 0.1) is 23.7 Å². The van der Waals surface area contributed by atoms with Crippen molar-refractivity contribution in [3.8, 4) is 0 Å². The molecule has 108 valence electrons. The number of aliphatic hydroxyl groups is 1. The molecule has 0 aromatic carbocycles. The molecule has 5 unspecified atom stereocenters. The number of fused-ring (bicyclic) bond motifs is 5. The van der Waals surface area contributed by atoms with Crippen molar-refractivity contribution in [3.05, 3.63) is 0 Å². The van der Waals surface area contributed by atoms with E-state index in [9.17, 15) is 5.11 Å². The van der Waals surface area contributed by atoms with E-state index < -0.39 is 0 Å². The fourth-order valence-corrected chi connectivity index (χ4v) is 6.01. The first kappa shape index (κ1) is 12.6. The van der Waals surface area contributed by atoms with Gasteiger partial charge in [0.15, 0.2) is 0 Å². The van der Waals surface area contributed by atoms with Gasteiger partial charge in [-0.15, -0.1) is 0 Å². The molecule has 0 aromatic rings. The molecule has 0 amide bonds. The standard InChI is InChI=1S/C17H29NO/c19-17(7-2-1-3-8-17)11-18-16-10-12-9-15(16)14-6-4-5-13(12)14/h12-16,18-19H,1-11H2. The van der Waals surface area contributed by atoms with Gasteiger partial charge >= 0.3 is 0 Å². The third-order valence-corrected chi connectivity index (χ3v) is 6.91. The Bertz CT molecular complexity index is 336. The van der Waals surface area contributed by atoms with Gasteiger partial charge in [-0.1, -0.05) is 25.7 Å². The predicted molar refractivity (Wildman–Crippen MR) is 76.9 cm³/mol. The van der Waals surface area contributed by atoms with Crippen LogP contribution in [0.15, 0.2) is 0 Å². The first-order valence-corrected chi connectivity index (χ1v) is 8.71. The van der Waals surface area contributed by atoms with Gasteiger partial charge in [-0.2, -0.15) is 0 Å². The van der Waals surface area contributed by atoms with Crippen molar-refractivity contribution >= 4 is 0 Å². The third-order valence-electron chi connectivity index (χ3n) is 6.91. The molecule has 0 aromatic heterocycles. The number of rotatable bonds is 3. The SMILES string of the molecule is OC1(CNC2CC3CC2C2CCCC32)CCCCC1. The van der Waals surface area contributed by atoms with E-state index >= 15 is 0 Å². The Morgan fingerprint density at radius 3 is 2.53 bits per heavy atom. The minimum atomic E-state index is -0.380. The van der Waals surface area contributed by atoms with Gasteiger partial charge in [-0.05, 0) is 62.2 Å². The van der Waals surface area contributed by atoms with E-state index in [1.807, 2.05) is 0 Å². The summed E-state index contributed by atoms with van der Waals surface area (Å²) in [5.74, 6) is 4.10. The number of nitrogens with one attached hydrogen (secondary N) is 1. The van der Waals surface area contributed by atoms with E-state index in [0.717, 1.165) is 49.1 Å². The zero-order chi connectivity index (χ0) is 12.9. The van der Waals surface area contributed by atoms with E-state index in [-0.39, 0.29) is 5.60 Å². The van der Waals surface area contributed by atoms with E-state index in [4.69, 9.17) is 0 Å². The van der Waals surface area contributed by atoms with Crippen LogP contribution in [0.3, 0.4) is 0 Å². The molecule has 2 nitrogen and oxygen atoms in total. The van der Waals surface area contributed by atoms with Crippen molar-refractivity contribution in [3.63, 3.8) is 0 Å². The first-order valence-electron chi connectivity index (χ1n) is 8.71. The molecule has 4 saturated carbocycles. The van der Waals surface area contributed by atoms with Crippen LogP contribution in [0.5, 0.6) is 0 Å². The second-order valence-electron chi connectivity index (χ2n) is 7.93. The Morgan fingerprint density at radius 1 is 0.895 bits per heavy atom. The van der Waals surface area contributed by atoms with Gasteiger partial charge in [0.05, 0.1) is 5.60 Å². The fourth-order valence-electron chi connectivity index (χ4n) is 6.01. The second-order valence-corrected chi connectivity index (χ2v) is 7.93. The Balaban J connectivity index is 1.35. The van der Waals surface area contributed by atoms with Crippen molar-refractivity contribution in [1.29, 1.82) is 0 Å². The van der Waals surface area contributed by atoms with Gasteiger partial charge in [0.1, 0.15) is 0 Å². The molecule has 4 aliphatic rings. The van der Waals surface area contributed by atoms with Gasteiger partial charge in [-0.3, -0.25) is 0 Å². The van der Waals surface area contributed by atoms with Crippen molar-refractivity contribution in [2.24, 2.45) is 23.7 Å². The van der Waals surface area contributed by atoms with Crippen molar-refractivity contribution < 1.29 is 5.11 Å². The van der Waals surface area contributed by atoms with E-state index in [1.165, 1.54) is 51.4 Å². The van der Waals surface area contributed by atoms with Crippen LogP contribution in [0.25, 0.3) is 0 Å². The quantitative estimate of drug-likeness (QED) is 0.820. The van der Waals surface area contributed by atoms with Crippen LogP contribution in [0.4, 0.5) is 0 Å². The maximum atomic E-state index is 10.6. The molecule has 5 atom stereocenters. The van der Waals surface area contributed by atoms with Crippen LogP contribution in [-0.4, -0.2) is 23.3 Å². The van der Waals surface area contributed by atoms with Crippen molar-refractivity contribution in [1.82, 2.24) is 5.32 Å². The number of hydrogen-bond donors (Lipinski definition) is 2. The molecule has 0 heterocycles. The zero-order valence-electron chi connectivity index (χ0n) is 12.1. The Kier molecular flexibility index (Phi) is 3.15. The highest BCUT2D eigenvalue weighted by atomic mass is 16.3. The Morgan fingerprint density at radius 2 is 1.68 bits per heavy atom. The van der Waals surface area contributed by atoms with Gasteiger partial charge in [-0.25, -0.2) is 0 Å². The molecule has 2 N–H and O–H groups in total. The van der Waals surface area contributed by atoms with Gasteiger partial charge in [0.25, 0.3) is 0 Å². The predicted octanol–water partition coefficient (Wildman–Crippen LogP) is 3.10. The summed E-state index contributed by atoms with van der Waals surface area (Å²) in [4.78, 5) is 0. The molecule has 4 fully saturated rings. The molecule has 2 bridgehead atoms. The molecular weight excluding hydrogens is 234 g/mol. The van der Waals surface area contributed by atoms with Gasteiger partial charge in [0, 0.05) is 12.6 Å². The zero-order valence-corrected chi connectivity index (χ0v) is 12.1. The van der Waals surface area contributed by atoms with Crippen molar-refractivity contribution in [2.45, 2.75) is 75.9 Å². The monoisotopic (exact) mass is 263 g/mol. The van der Waals surface area contributed by atoms with Gasteiger partial charge < -0.3 is 10.4 Å². The minimum absolute atomic E-state index is 0.380. The molecule has 0 spiro atoms. The lowest BCUT2D eigenvalue weighted by molar-refractivity contribution is -0.000324. The molecule has 0 aliphatic heterocycles. The van der Waals surface area contributed by atoms with Crippen LogP contribution < -0.4 is 5.32 Å². The topological polar surface area (TPSA) is 32.3 Å². The average molecular weight is 263 g/mol. The summed E-state index contributed by atoms with van der Waals surface area (Å²) in [6, 6.07) is 0.732. The average Bonchev–Trinajstić information content (AvgIpc) is 3.10. The Labute approximate surface area is 117 Å². The van der Waals surface area contributed by atoms with Crippen molar-refractivity contribution in [2.75, 3.05) is 6.54 Å². The lowest BCUT2D eigenvalue weighted by atomic mass is 9.78. The molecule has 0 saturated heterocycles. The fraction of sp³-hybridized carbons (Fsp3) is 1.00. The Hall–Kier alpha value is -0.0800. The van der Waals surface area contributed by atoms with E-state index in [2.05, 4.69) is 5.32 Å². The molecule has 2 heteroatoms. The largest absolute Gasteiger partial charge is 0.389 e. The highest BCUT2D eigenvalue weighted by Crippen LogP contribution is 2.58. The summed E-state index contributed by atoms with van der Waals surface area (Å²) in [6.07, 6.45) is 13.2. The molecular formula is C17H29NO. The highest BCUT2D eigenvalue weighted by molar-refractivity contribution is 5.06. The van der Waals surface area contributed by atoms with Gasteiger partial charge in [0.2, 0.25) is 0 Å². The maximum Gasteiger partial charge on any atom is 0.0771 e. The number of hydrogen-bond acceptors (Lipinski definition) is 2. The third kappa shape index (κ3) is 2.15. The summed E-state index contributed by atoms with van der Waals surface area (Å²) >= 11 is 0. The molecule has 19 heavy (non-hydrogen) atoms. The summed E-state index contributed by atoms with van der Waals surface area (Å²) < 4.78 is 0. The smallest absolute Gasteiger partial charge is 0.0771 e. The van der Waals surface area contributed by atoms with Crippen LogP contribution in [0.2, 0.25) is 0 Å². The maximum absolute atomic E-state index is 10.6. The lowest BCUT2D eigenvalue weighted by Crippen LogP contribution is -2.48. The van der Waals surface area contributed by atoms with Crippen LogP contribution in [0.1, 0.15) is 64.2 Å². The summed E-state index contributed by atoms with van der Waals surface area (Å²) in [7, 11) is 0. The minimum Gasteiger partial charge on any atom is -0.389 e. The van der Waals surface area contributed by atoms with E-state index in [0.29, 0.717) is 0 Å². The first-order chi connectivity index (χ1) is 9.25. The summed E-state index contributed by atoms with van der Waals surface area (Å²) in [5.41, 5.74) is -0.380. The summed E-state index contributed by atoms with van der Waals surface area (Å²) in [6.45, 7) is 0.859. The lowest BCUT2D eigenvalue weighted by Gasteiger charge is -2.37. The van der Waals surface area contributed by atoms with E-state index in [1.54, 1.807) is 0 Å². The molecule has 0 radical (unpaired) electrons. The van der Waals surface area contributed by atoms with Crippen LogP contribution >= 0.6 is 0 Å². The second kappa shape index (κ2) is 4.73. The highest BCUT2D eigenvalue weighted by Gasteiger charge is 2.53. The normalized spacial score (nSPS) is 47.5.